The predicted molar refractivity (Wildman–Crippen MR) is 132 cm³/mol. The van der Waals surface area contributed by atoms with Gasteiger partial charge in [-0.05, 0) is 49.8 Å². The molecule has 0 aliphatic heterocycles. The van der Waals surface area contributed by atoms with E-state index < -0.39 is 23.5 Å². The van der Waals surface area contributed by atoms with Gasteiger partial charge in [0, 0.05) is 47.2 Å². The molecule has 2 aromatic heterocycles. The Hall–Kier alpha value is -3.87. The molecular formula is C28H27NO6. The average molecular weight is 474 g/mol. The first-order valence-corrected chi connectivity index (χ1v) is 12.0. The van der Waals surface area contributed by atoms with Gasteiger partial charge < -0.3 is 19.3 Å². The fraction of sp³-hybridized carbons (Fsp3) is 0.321. The van der Waals surface area contributed by atoms with E-state index in [4.69, 9.17) is 8.83 Å². The summed E-state index contributed by atoms with van der Waals surface area (Å²) in [6, 6.07) is 11.9. The zero-order valence-electron chi connectivity index (χ0n) is 19.6. The van der Waals surface area contributed by atoms with Gasteiger partial charge in [-0.15, -0.1) is 0 Å². The van der Waals surface area contributed by atoms with Crippen molar-refractivity contribution in [3.05, 3.63) is 80.9 Å². The molecule has 2 heterocycles. The lowest BCUT2D eigenvalue weighted by Crippen LogP contribution is -2.42. The van der Waals surface area contributed by atoms with Crippen molar-refractivity contribution < 1.29 is 23.5 Å². The summed E-state index contributed by atoms with van der Waals surface area (Å²) in [7, 11) is 0. The summed E-state index contributed by atoms with van der Waals surface area (Å²) in [6.07, 6.45) is 4.47. The third-order valence-electron chi connectivity index (χ3n) is 6.88. The number of amides is 1. The molecule has 1 amide bonds. The minimum atomic E-state index is -1.10. The number of carbonyl (C=O) groups excluding carboxylic acids is 1. The van der Waals surface area contributed by atoms with Crippen LogP contribution in [0.4, 0.5) is 0 Å². The van der Waals surface area contributed by atoms with E-state index >= 15 is 0 Å². The van der Waals surface area contributed by atoms with Crippen LogP contribution in [0, 0.1) is 6.92 Å². The second-order valence-corrected chi connectivity index (χ2v) is 9.20. The number of fused-ring (bicyclic) bond motifs is 4. The normalized spacial score (nSPS) is 14.1. The maximum atomic E-state index is 12.7. The summed E-state index contributed by atoms with van der Waals surface area (Å²) >= 11 is 0. The largest absolute Gasteiger partial charge is 0.480 e. The summed E-state index contributed by atoms with van der Waals surface area (Å²) in [4.78, 5) is 37.0. The lowest BCUT2D eigenvalue weighted by Gasteiger charge is -2.15. The first kappa shape index (κ1) is 22.9. The van der Waals surface area contributed by atoms with E-state index in [9.17, 15) is 19.5 Å². The summed E-state index contributed by atoms with van der Waals surface area (Å²) in [5.41, 5.74) is 3.97. The van der Waals surface area contributed by atoms with Gasteiger partial charge in [-0.2, -0.15) is 0 Å². The number of aryl methyl sites for hydroxylation is 3. The Balaban J connectivity index is 1.36. The van der Waals surface area contributed by atoms with Gasteiger partial charge in [0.1, 0.15) is 23.0 Å². The molecule has 1 aliphatic carbocycles. The Morgan fingerprint density at radius 3 is 2.54 bits per heavy atom. The van der Waals surface area contributed by atoms with Gasteiger partial charge in [0.2, 0.25) is 5.91 Å². The molecule has 0 spiro atoms. The van der Waals surface area contributed by atoms with Gasteiger partial charge in [-0.3, -0.25) is 4.79 Å². The Bertz CT molecular complexity index is 1480. The maximum Gasteiger partial charge on any atom is 0.339 e. The molecule has 0 saturated heterocycles. The summed E-state index contributed by atoms with van der Waals surface area (Å²) in [5.74, 6) is -0.510. The van der Waals surface area contributed by atoms with Crippen molar-refractivity contribution in [2.45, 2.75) is 57.9 Å². The van der Waals surface area contributed by atoms with Gasteiger partial charge in [0.05, 0.1) is 0 Å². The Morgan fingerprint density at radius 1 is 1.03 bits per heavy atom. The van der Waals surface area contributed by atoms with E-state index in [2.05, 4.69) is 5.32 Å². The minimum absolute atomic E-state index is 0.0149. The third kappa shape index (κ3) is 4.58. The van der Waals surface area contributed by atoms with Gasteiger partial charge in [0.25, 0.3) is 0 Å². The maximum absolute atomic E-state index is 12.7. The van der Waals surface area contributed by atoms with Gasteiger partial charge in [-0.1, -0.05) is 30.3 Å². The first-order valence-electron chi connectivity index (χ1n) is 12.0. The molecule has 4 aromatic rings. The quantitative estimate of drug-likeness (QED) is 0.383. The number of furan rings is 1. The SMILES string of the molecule is Cc1c(CCC(=O)N[C@@H](Cc2ccccc2)C(=O)O)c(=O)oc2cc3oc4c(c3cc12)CCCC4. The number of carboxylic acid groups (broad SMARTS) is 1. The first-order chi connectivity index (χ1) is 16.9. The smallest absolute Gasteiger partial charge is 0.339 e. The summed E-state index contributed by atoms with van der Waals surface area (Å²) in [6.45, 7) is 1.86. The second kappa shape index (κ2) is 9.41. The van der Waals surface area contributed by atoms with Crippen molar-refractivity contribution in [3.8, 4) is 0 Å². The zero-order valence-corrected chi connectivity index (χ0v) is 19.6. The van der Waals surface area contributed by atoms with Crippen LogP contribution >= 0.6 is 0 Å². The molecule has 180 valence electrons. The molecule has 0 fully saturated rings. The molecule has 5 rings (SSSR count). The summed E-state index contributed by atoms with van der Waals surface area (Å²) in [5, 5.41) is 14.0. The number of hydrogen-bond acceptors (Lipinski definition) is 5. The van der Waals surface area contributed by atoms with E-state index in [0.717, 1.165) is 58.9 Å². The van der Waals surface area contributed by atoms with Crippen LogP contribution in [0.15, 0.2) is 56.1 Å². The fourth-order valence-corrected chi connectivity index (χ4v) is 4.99. The van der Waals surface area contributed by atoms with Crippen molar-refractivity contribution in [2.24, 2.45) is 0 Å². The van der Waals surface area contributed by atoms with Gasteiger partial charge >= 0.3 is 11.6 Å². The van der Waals surface area contributed by atoms with Crippen LogP contribution in [0.25, 0.3) is 21.9 Å². The fourth-order valence-electron chi connectivity index (χ4n) is 4.99. The van der Waals surface area contributed by atoms with Crippen molar-refractivity contribution in [1.29, 1.82) is 0 Å². The topological polar surface area (TPSA) is 110 Å². The number of rotatable bonds is 7. The van der Waals surface area contributed by atoms with Crippen molar-refractivity contribution in [2.75, 3.05) is 0 Å². The van der Waals surface area contributed by atoms with Crippen LogP contribution in [0.3, 0.4) is 0 Å². The van der Waals surface area contributed by atoms with E-state index in [-0.39, 0.29) is 19.3 Å². The van der Waals surface area contributed by atoms with E-state index in [0.29, 0.717) is 11.1 Å². The highest BCUT2D eigenvalue weighted by atomic mass is 16.4. The van der Waals surface area contributed by atoms with Crippen LogP contribution in [0.1, 0.15) is 47.3 Å². The van der Waals surface area contributed by atoms with Crippen LogP contribution in [0.2, 0.25) is 0 Å². The molecule has 1 atom stereocenters. The van der Waals surface area contributed by atoms with Gasteiger partial charge in [0.15, 0.2) is 0 Å². The number of benzene rings is 2. The Kier molecular flexibility index (Phi) is 6.16. The molecule has 2 aromatic carbocycles. The number of carboxylic acids is 1. The van der Waals surface area contributed by atoms with Crippen LogP contribution in [-0.4, -0.2) is 23.0 Å². The standard InChI is InChI=1S/C28H27NO6/c1-16-18(11-12-26(30)29-22(27(31)32)13-17-7-3-2-4-8-17)28(33)35-24-15-25-21(14-20(16)24)19-9-5-6-10-23(19)34-25/h2-4,7-8,14-15,22H,5-6,9-13H2,1H3,(H,29,30)(H,31,32)/t22-/m0/s1. The van der Waals surface area contributed by atoms with Crippen molar-refractivity contribution in [3.63, 3.8) is 0 Å². The van der Waals surface area contributed by atoms with Crippen LogP contribution in [-0.2, 0) is 35.3 Å². The number of aliphatic carboxylic acids is 1. The molecule has 7 heteroatoms. The average Bonchev–Trinajstić information content (AvgIpc) is 3.20. The molecule has 35 heavy (non-hydrogen) atoms. The van der Waals surface area contributed by atoms with Gasteiger partial charge in [-0.25, -0.2) is 9.59 Å². The minimum Gasteiger partial charge on any atom is -0.480 e. The highest BCUT2D eigenvalue weighted by Gasteiger charge is 2.23. The van der Waals surface area contributed by atoms with Crippen LogP contribution < -0.4 is 10.9 Å². The number of hydrogen-bond donors (Lipinski definition) is 2. The molecule has 2 N–H and O–H groups in total. The van der Waals surface area contributed by atoms with Crippen molar-refractivity contribution >= 4 is 33.8 Å². The molecule has 1 aliphatic rings. The third-order valence-corrected chi connectivity index (χ3v) is 6.88. The Labute approximate surface area is 201 Å². The summed E-state index contributed by atoms with van der Waals surface area (Å²) < 4.78 is 11.6. The highest BCUT2D eigenvalue weighted by molar-refractivity contribution is 5.97. The Morgan fingerprint density at radius 2 is 1.77 bits per heavy atom. The van der Waals surface area contributed by atoms with E-state index in [1.54, 1.807) is 6.07 Å². The molecule has 0 unspecified atom stereocenters. The van der Waals surface area contributed by atoms with Crippen molar-refractivity contribution in [1.82, 2.24) is 5.32 Å². The van der Waals surface area contributed by atoms with Crippen LogP contribution in [0.5, 0.6) is 0 Å². The highest BCUT2D eigenvalue weighted by Crippen LogP contribution is 2.35. The molecular weight excluding hydrogens is 446 g/mol. The molecule has 0 radical (unpaired) electrons. The molecule has 0 bridgehead atoms. The van der Waals surface area contributed by atoms with E-state index in [1.165, 1.54) is 5.56 Å². The van der Waals surface area contributed by atoms with E-state index in [1.807, 2.05) is 43.3 Å². The predicted octanol–water partition coefficient (Wildman–Crippen LogP) is 4.47. The number of carbonyl (C=O) groups is 2. The zero-order chi connectivity index (χ0) is 24.5. The molecule has 7 nitrogen and oxygen atoms in total. The monoisotopic (exact) mass is 473 g/mol. The lowest BCUT2D eigenvalue weighted by molar-refractivity contribution is -0.141. The lowest BCUT2D eigenvalue weighted by atomic mass is 9.94. The molecule has 0 saturated carbocycles. The number of nitrogens with one attached hydrogen (secondary N) is 1. The second-order valence-electron chi connectivity index (χ2n) is 9.20.